The molecule has 0 unspecified atom stereocenters. The predicted octanol–water partition coefficient (Wildman–Crippen LogP) is 2.76. The van der Waals surface area contributed by atoms with Crippen LogP contribution < -0.4 is 0 Å². The highest BCUT2D eigenvalue weighted by molar-refractivity contribution is 8.04. The molecule has 0 aromatic heterocycles. The second-order valence-corrected chi connectivity index (χ2v) is 7.31. The van der Waals surface area contributed by atoms with Gasteiger partial charge in [-0.05, 0) is 30.9 Å². The highest BCUT2D eigenvalue weighted by atomic mass is 32.2. The molecule has 0 spiro atoms. The van der Waals surface area contributed by atoms with Crippen molar-refractivity contribution in [2.45, 2.75) is 27.7 Å². The topological polar surface area (TPSA) is 57.6 Å². The van der Waals surface area contributed by atoms with Gasteiger partial charge in [-0.2, -0.15) is 0 Å². The average Bonchev–Trinajstić information content (AvgIpc) is 2.69. The minimum absolute atomic E-state index is 0.0278. The molecule has 0 aliphatic carbocycles. The third-order valence-corrected chi connectivity index (χ3v) is 4.72. The van der Waals surface area contributed by atoms with Gasteiger partial charge in [-0.15, -0.1) is 11.8 Å². The van der Waals surface area contributed by atoms with Gasteiger partial charge in [0.2, 0.25) is 0 Å². The molecule has 1 aromatic rings. The zero-order valence-electron chi connectivity index (χ0n) is 14.0. The zero-order chi connectivity index (χ0) is 17.1. The number of imide groups is 1. The molecule has 1 heterocycles. The fourth-order valence-corrected chi connectivity index (χ4v) is 3.57. The molecule has 1 aromatic carbocycles. The van der Waals surface area contributed by atoms with Gasteiger partial charge in [0.15, 0.2) is 0 Å². The standard InChI is InChI=1S/C18H23NO3S/c1-11(2)10-19-17(21)15(16(18(19)22)23-8-7-20)14-6-5-12(3)9-13(14)4/h5-6,9,11,20H,7-8,10H2,1-4H3. The quantitative estimate of drug-likeness (QED) is 0.813. The van der Waals surface area contributed by atoms with Crippen molar-refractivity contribution < 1.29 is 14.7 Å². The maximum absolute atomic E-state index is 12.8. The number of aliphatic hydroxyl groups excluding tert-OH is 1. The molecule has 1 N–H and O–H groups in total. The first-order valence-corrected chi connectivity index (χ1v) is 8.77. The number of thioether (sulfide) groups is 1. The minimum Gasteiger partial charge on any atom is -0.396 e. The predicted molar refractivity (Wildman–Crippen MR) is 93.9 cm³/mol. The van der Waals surface area contributed by atoms with E-state index in [9.17, 15) is 9.59 Å². The van der Waals surface area contributed by atoms with Gasteiger partial charge in [0, 0.05) is 12.3 Å². The Hall–Kier alpha value is -1.59. The van der Waals surface area contributed by atoms with Gasteiger partial charge in [-0.1, -0.05) is 37.6 Å². The summed E-state index contributed by atoms with van der Waals surface area (Å²) >= 11 is 1.26. The average molecular weight is 333 g/mol. The summed E-state index contributed by atoms with van der Waals surface area (Å²) in [7, 11) is 0. The minimum atomic E-state index is -0.239. The van der Waals surface area contributed by atoms with Gasteiger partial charge in [0.05, 0.1) is 17.1 Å². The van der Waals surface area contributed by atoms with E-state index in [4.69, 9.17) is 5.11 Å². The molecule has 2 amide bonds. The summed E-state index contributed by atoms with van der Waals surface area (Å²) in [5.74, 6) is 0.150. The van der Waals surface area contributed by atoms with Crippen LogP contribution >= 0.6 is 11.8 Å². The second-order valence-electron chi connectivity index (χ2n) is 6.21. The van der Waals surface area contributed by atoms with E-state index in [1.54, 1.807) is 0 Å². The van der Waals surface area contributed by atoms with E-state index in [1.807, 2.05) is 45.9 Å². The third kappa shape index (κ3) is 3.67. The molecular weight excluding hydrogens is 310 g/mol. The van der Waals surface area contributed by atoms with Crippen LogP contribution in [0.2, 0.25) is 0 Å². The van der Waals surface area contributed by atoms with Crippen molar-refractivity contribution in [3.05, 3.63) is 39.8 Å². The van der Waals surface area contributed by atoms with Crippen LogP contribution in [0.1, 0.15) is 30.5 Å². The molecule has 23 heavy (non-hydrogen) atoms. The molecule has 124 valence electrons. The summed E-state index contributed by atoms with van der Waals surface area (Å²) in [4.78, 5) is 27.3. The number of hydrogen-bond acceptors (Lipinski definition) is 4. The molecule has 5 heteroatoms. The lowest BCUT2D eigenvalue weighted by Crippen LogP contribution is -2.34. The van der Waals surface area contributed by atoms with Crippen molar-refractivity contribution in [2.75, 3.05) is 18.9 Å². The van der Waals surface area contributed by atoms with Crippen molar-refractivity contribution in [1.29, 1.82) is 0 Å². The third-order valence-electron chi connectivity index (χ3n) is 3.66. The smallest absolute Gasteiger partial charge is 0.267 e. The molecule has 0 fully saturated rings. The van der Waals surface area contributed by atoms with Gasteiger partial charge >= 0.3 is 0 Å². The largest absolute Gasteiger partial charge is 0.396 e. The van der Waals surface area contributed by atoms with Crippen molar-refractivity contribution in [3.63, 3.8) is 0 Å². The number of aryl methyl sites for hydroxylation is 2. The maximum atomic E-state index is 12.8. The molecule has 0 bridgehead atoms. The first-order valence-electron chi connectivity index (χ1n) is 7.78. The van der Waals surface area contributed by atoms with Crippen molar-refractivity contribution in [2.24, 2.45) is 5.92 Å². The molecule has 1 aliphatic rings. The Morgan fingerprint density at radius 1 is 1.17 bits per heavy atom. The Bertz CT molecular complexity index is 664. The van der Waals surface area contributed by atoms with Crippen LogP contribution in [0.15, 0.2) is 23.1 Å². The van der Waals surface area contributed by atoms with Gasteiger partial charge in [0.25, 0.3) is 11.8 Å². The van der Waals surface area contributed by atoms with Crippen LogP contribution in [0, 0.1) is 19.8 Å². The molecular formula is C18H23NO3S. The van der Waals surface area contributed by atoms with E-state index in [0.29, 0.717) is 22.8 Å². The van der Waals surface area contributed by atoms with Crippen molar-refractivity contribution in [3.8, 4) is 0 Å². The molecule has 2 rings (SSSR count). The number of carbonyl (C=O) groups excluding carboxylic acids is 2. The first kappa shape index (κ1) is 17.8. The lowest BCUT2D eigenvalue weighted by Gasteiger charge is -2.17. The Labute approximate surface area is 141 Å². The highest BCUT2D eigenvalue weighted by Gasteiger charge is 2.39. The van der Waals surface area contributed by atoms with Crippen LogP contribution in [0.25, 0.3) is 5.57 Å². The highest BCUT2D eigenvalue weighted by Crippen LogP contribution is 2.37. The van der Waals surface area contributed by atoms with Crippen LogP contribution in [0.3, 0.4) is 0 Å². The van der Waals surface area contributed by atoms with Gasteiger partial charge in [-0.25, -0.2) is 0 Å². The lowest BCUT2D eigenvalue weighted by molar-refractivity contribution is -0.137. The Kier molecular flexibility index (Phi) is 5.65. The van der Waals surface area contributed by atoms with Crippen LogP contribution in [-0.4, -0.2) is 40.7 Å². The van der Waals surface area contributed by atoms with E-state index in [2.05, 4.69) is 0 Å². The fraction of sp³-hybridized carbons (Fsp3) is 0.444. The molecule has 1 aliphatic heterocycles. The maximum Gasteiger partial charge on any atom is 0.267 e. The molecule has 0 saturated heterocycles. The number of aliphatic hydroxyl groups is 1. The van der Waals surface area contributed by atoms with Crippen molar-refractivity contribution in [1.82, 2.24) is 4.90 Å². The SMILES string of the molecule is Cc1ccc(C2=C(SCCO)C(=O)N(CC(C)C)C2=O)c(C)c1. The van der Waals surface area contributed by atoms with E-state index in [1.165, 1.54) is 16.7 Å². The molecule has 0 radical (unpaired) electrons. The number of nitrogens with zero attached hydrogens (tertiary/aromatic N) is 1. The first-order chi connectivity index (χ1) is 10.9. The summed E-state index contributed by atoms with van der Waals surface area (Å²) in [6.45, 7) is 8.30. The van der Waals surface area contributed by atoms with Crippen LogP contribution in [0.4, 0.5) is 0 Å². The Morgan fingerprint density at radius 3 is 2.43 bits per heavy atom. The second kappa shape index (κ2) is 7.32. The Morgan fingerprint density at radius 2 is 1.87 bits per heavy atom. The van der Waals surface area contributed by atoms with Crippen LogP contribution in [0.5, 0.6) is 0 Å². The number of hydrogen-bond donors (Lipinski definition) is 1. The number of carbonyl (C=O) groups is 2. The molecule has 4 nitrogen and oxygen atoms in total. The van der Waals surface area contributed by atoms with Crippen molar-refractivity contribution >= 4 is 29.1 Å². The van der Waals surface area contributed by atoms with E-state index in [0.717, 1.165) is 16.7 Å². The van der Waals surface area contributed by atoms with E-state index < -0.39 is 0 Å². The fourth-order valence-electron chi connectivity index (χ4n) is 2.70. The van der Waals surface area contributed by atoms with E-state index in [-0.39, 0.29) is 24.3 Å². The number of rotatable bonds is 6. The zero-order valence-corrected chi connectivity index (χ0v) is 14.9. The summed E-state index contributed by atoms with van der Waals surface area (Å²) in [5.41, 5.74) is 3.38. The summed E-state index contributed by atoms with van der Waals surface area (Å²) in [6.07, 6.45) is 0. The number of benzene rings is 1. The normalized spacial score (nSPS) is 15.3. The molecule has 0 atom stereocenters. The van der Waals surface area contributed by atoms with E-state index >= 15 is 0 Å². The van der Waals surface area contributed by atoms with Gasteiger partial charge in [0.1, 0.15) is 0 Å². The van der Waals surface area contributed by atoms with Crippen LogP contribution in [-0.2, 0) is 9.59 Å². The molecule has 0 saturated carbocycles. The monoisotopic (exact) mass is 333 g/mol. The summed E-state index contributed by atoms with van der Waals surface area (Å²) in [6, 6.07) is 5.87. The van der Waals surface area contributed by atoms with Gasteiger partial charge < -0.3 is 5.11 Å². The Balaban J connectivity index is 2.50. The lowest BCUT2D eigenvalue weighted by atomic mass is 9.98. The summed E-state index contributed by atoms with van der Waals surface area (Å²) in [5, 5.41) is 9.08. The number of amides is 2. The summed E-state index contributed by atoms with van der Waals surface area (Å²) < 4.78 is 0. The van der Waals surface area contributed by atoms with Gasteiger partial charge in [-0.3, -0.25) is 14.5 Å².